The van der Waals surface area contributed by atoms with Crippen LogP contribution in [0.2, 0.25) is 0 Å². The van der Waals surface area contributed by atoms with Crippen molar-refractivity contribution in [2.45, 2.75) is 45.6 Å². The number of halogens is 1. The average molecular weight is 391 g/mol. The van der Waals surface area contributed by atoms with E-state index in [4.69, 9.17) is 5.73 Å². The molecule has 0 fully saturated rings. The first-order valence-electron chi connectivity index (χ1n) is 8.41. The molecule has 0 spiro atoms. The number of sulfone groups is 1. The fourth-order valence-corrected chi connectivity index (χ4v) is 4.07. The van der Waals surface area contributed by atoms with E-state index in [-0.39, 0.29) is 24.7 Å². The maximum absolute atomic E-state index is 12.1. The summed E-state index contributed by atoms with van der Waals surface area (Å²) >= 11 is 0. The van der Waals surface area contributed by atoms with E-state index in [1.54, 1.807) is 0 Å². The molecule has 0 aromatic heterocycles. The van der Waals surface area contributed by atoms with Gasteiger partial charge in [-0.25, -0.2) is 8.42 Å². The molecule has 144 valence electrons. The molecule has 0 saturated carbocycles. The van der Waals surface area contributed by atoms with Gasteiger partial charge in [0.15, 0.2) is 9.84 Å². The Labute approximate surface area is 158 Å². The Morgan fingerprint density at radius 3 is 2.36 bits per heavy atom. The molecule has 0 heterocycles. The largest absolute Gasteiger partial charge is 0.349 e. The zero-order valence-corrected chi connectivity index (χ0v) is 17.0. The number of aryl methyl sites for hydroxylation is 1. The van der Waals surface area contributed by atoms with Crippen molar-refractivity contribution in [1.29, 1.82) is 0 Å². The lowest BCUT2D eigenvalue weighted by Crippen LogP contribution is -2.53. The lowest BCUT2D eigenvalue weighted by atomic mass is 9.91. The van der Waals surface area contributed by atoms with Gasteiger partial charge in [0.1, 0.15) is 5.75 Å². The van der Waals surface area contributed by atoms with E-state index in [2.05, 4.69) is 5.32 Å². The van der Waals surface area contributed by atoms with Crippen LogP contribution in [-0.2, 0) is 21.1 Å². The summed E-state index contributed by atoms with van der Waals surface area (Å²) in [5, 5.41) is 2.80. The van der Waals surface area contributed by atoms with Crippen molar-refractivity contribution in [3.05, 3.63) is 35.9 Å². The number of rotatable bonds is 10. The molecule has 0 aliphatic rings. The topological polar surface area (TPSA) is 89.3 Å². The Hall–Kier alpha value is -1.11. The molecule has 0 saturated heterocycles. The summed E-state index contributed by atoms with van der Waals surface area (Å²) in [4.78, 5) is 12.1. The smallest absolute Gasteiger partial charge is 0.235 e. The third kappa shape index (κ3) is 9.82. The van der Waals surface area contributed by atoms with Gasteiger partial charge in [-0.05, 0) is 37.7 Å². The molecule has 3 N–H and O–H groups in total. The van der Waals surface area contributed by atoms with Gasteiger partial charge in [-0.1, -0.05) is 44.2 Å². The molecule has 1 rings (SSSR count). The van der Waals surface area contributed by atoms with Crippen LogP contribution in [0.5, 0.6) is 0 Å². The van der Waals surface area contributed by atoms with Gasteiger partial charge in [-0.3, -0.25) is 4.79 Å². The summed E-state index contributed by atoms with van der Waals surface area (Å²) in [6.07, 6.45) is 1.92. The van der Waals surface area contributed by atoms with E-state index in [9.17, 15) is 13.2 Å². The van der Waals surface area contributed by atoms with Gasteiger partial charge >= 0.3 is 0 Å². The molecule has 5 nitrogen and oxygen atoms in total. The van der Waals surface area contributed by atoms with E-state index < -0.39 is 27.0 Å². The molecule has 0 aliphatic carbocycles. The first-order chi connectivity index (χ1) is 11.2. The first kappa shape index (κ1) is 23.9. The minimum Gasteiger partial charge on any atom is -0.349 e. The zero-order chi connectivity index (χ0) is 18.2. The number of carbonyl (C=O) groups excluding carboxylic acids is 1. The van der Waals surface area contributed by atoms with Crippen molar-refractivity contribution < 1.29 is 13.2 Å². The molecule has 0 bridgehead atoms. The number of amides is 1. The molecule has 1 atom stereocenters. The van der Waals surface area contributed by atoms with Crippen LogP contribution in [0, 0.1) is 5.92 Å². The Bertz CT molecular complexity index is 620. The number of nitrogens with two attached hydrogens (primary N) is 1. The van der Waals surface area contributed by atoms with Crippen LogP contribution in [0.15, 0.2) is 30.3 Å². The Morgan fingerprint density at radius 1 is 1.24 bits per heavy atom. The van der Waals surface area contributed by atoms with Gasteiger partial charge in [0.25, 0.3) is 0 Å². The van der Waals surface area contributed by atoms with E-state index >= 15 is 0 Å². The fourth-order valence-electron chi connectivity index (χ4n) is 2.87. The van der Waals surface area contributed by atoms with E-state index in [1.807, 2.05) is 51.1 Å². The summed E-state index contributed by atoms with van der Waals surface area (Å²) in [7, 11) is -3.41. The predicted octanol–water partition coefficient (Wildman–Crippen LogP) is 2.34. The van der Waals surface area contributed by atoms with Crippen LogP contribution in [0.1, 0.15) is 39.2 Å². The first-order valence-corrected chi connectivity index (χ1v) is 10.2. The quantitative estimate of drug-likeness (QED) is 0.641. The average Bonchev–Trinajstić information content (AvgIpc) is 2.46. The Kier molecular flexibility index (Phi) is 10.3. The number of hydrogen-bond acceptors (Lipinski definition) is 4. The molecule has 1 amide bonds. The summed E-state index contributed by atoms with van der Waals surface area (Å²) < 4.78 is 24.3. The number of benzene rings is 1. The molecular weight excluding hydrogens is 360 g/mol. The van der Waals surface area contributed by atoms with Gasteiger partial charge in [0.05, 0.1) is 5.75 Å². The highest BCUT2D eigenvalue weighted by molar-refractivity contribution is 7.92. The third-order valence-corrected chi connectivity index (χ3v) is 5.48. The van der Waals surface area contributed by atoms with Crippen LogP contribution >= 0.6 is 12.4 Å². The summed E-state index contributed by atoms with van der Waals surface area (Å²) in [5.41, 5.74) is 6.28. The van der Waals surface area contributed by atoms with Gasteiger partial charge < -0.3 is 11.1 Å². The number of nitrogens with one attached hydrogen (secondary N) is 1. The standard InChI is InChI=1S/C18H30N2O3S.ClH/c1-15(2)12-18(3,14-19)20-17(21)13-24(22,23)11-7-10-16-8-5-4-6-9-16;/h4-6,8-9,15H,7,10-14,19H2,1-3H3,(H,20,21);1H. The lowest BCUT2D eigenvalue weighted by molar-refractivity contribution is -0.120. The zero-order valence-electron chi connectivity index (χ0n) is 15.3. The molecule has 1 aromatic carbocycles. The van der Waals surface area contributed by atoms with Gasteiger partial charge in [-0.15, -0.1) is 12.4 Å². The minimum atomic E-state index is -3.41. The molecule has 0 aliphatic heterocycles. The maximum Gasteiger partial charge on any atom is 0.235 e. The van der Waals surface area contributed by atoms with Crippen LogP contribution in [0.25, 0.3) is 0 Å². The normalized spacial score (nSPS) is 13.8. The maximum atomic E-state index is 12.1. The van der Waals surface area contributed by atoms with Crippen molar-refractivity contribution in [3.63, 3.8) is 0 Å². The van der Waals surface area contributed by atoms with Crippen LogP contribution in [0.3, 0.4) is 0 Å². The van der Waals surface area contributed by atoms with Crippen LogP contribution < -0.4 is 11.1 Å². The minimum absolute atomic E-state index is 0. The van der Waals surface area contributed by atoms with E-state index in [0.717, 1.165) is 5.56 Å². The summed E-state index contributed by atoms with van der Waals surface area (Å²) in [6, 6.07) is 9.73. The van der Waals surface area contributed by atoms with Crippen molar-refractivity contribution in [1.82, 2.24) is 5.32 Å². The monoisotopic (exact) mass is 390 g/mol. The second-order valence-electron chi connectivity index (χ2n) is 7.09. The van der Waals surface area contributed by atoms with Crippen molar-refractivity contribution in [2.24, 2.45) is 11.7 Å². The highest BCUT2D eigenvalue weighted by atomic mass is 35.5. The third-order valence-electron chi connectivity index (χ3n) is 3.87. The van der Waals surface area contributed by atoms with Gasteiger partial charge in [0.2, 0.25) is 5.91 Å². The molecule has 25 heavy (non-hydrogen) atoms. The number of carbonyl (C=O) groups is 1. The van der Waals surface area contributed by atoms with Gasteiger partial charge in [0, 0.05) is 12.1 Å². The van der Waals surface area contributed by atoms with Crippen molar-refractivity contribution in [2.75, 3.05) is 18.1 Å². The van der Waals surface area contributed by atoms with E-state index in [1.165, 1.54) is 0 Å². The molecular formula is C18H31ClN2O3S. The highest BCUT2D eigenvalue weighted by Crippen LogP contribution is 2.15. The van der Waals surface area contributed by atoms with E-state index in [0.29, 0.717) is 25.2 Å². The van der Waals surface area contributed by atoms with Gasteiger partial charge in [-0.2, -0.15) is 0 Å². The predicted molar refractivity (Wildman–Crippen MR) is 106 cm³/mol. The Balaban J connectivity index is 0.00000576. The second-order valence-corrected chi connectivity index (χ2v) is 9.28. The van der Waals surface area contributed by atoms with Crippen LogP contribution in [0.4, 0.5) is 0 Å². The lowest BCUT2D eigenvalue weighted by Gasteiger charge is -2.31. The SMILES string of the molecule is CC(C)CC(C)(CN)NC(=O)CS(=O)(=O)CCCc1ccccc1.Cl. The van der Waals surface area contributed by atoms with Crippen molar-refractivity contribution >= 4 is 28.2 Å². The fraction of sp³-hybridized carbons (Fsp3) is 0.611. The summed E-state index contributed by atoms with van der Waals surface area (Å²) in [6.45, 7) is 6.22. The van der Waals surface area contributed by atoms with Crippen molar-refractivity contribution in [3.8, 4) is 0 Å². The molecule has 1 unspecified atom stereocenters. The van der Waals surface area contributed by atoms with Crippen LogP contribution in [-0.4, -0.2) is 37.9 Å². The molecule has 1 aromatic rings. The number of hydrogen-bond donors (Lipinski definition) is 2. The molecule has 7 heteroatoms. The second kappa shape index (κ2) is 10.8. The molecule has 0 radical (unpaired) electrons. The Morgan fingerprint density at radius 2 is 1.84 bits per heavy atom. The highest BCUT2D eigenvalue weighted by Gasteiger charge is 2.27. The summed E-state index contributed by atoms with van der Waals surface area (Å²) in [5.74, 6) is -0.571.